The van der Waals surface area contributed by atoms with Crippen LogP contribution in [0.3, 0.4) is 0 Å². The first-order valence-electron chi connectivity index (χ1n) is 5.77. The van der Waals surface area contributed by atoms with Crippen molar-refractivity contribution in [3.8, 4) is 0 Å². The third-order valence-electron chi connectivity index (χ3n) is 2.79. The standard InChI is InChI=1S/C11H10N4O4/c16-9-4-3-7(11(17)18)13-15(9)5-8-12-10(19-14-8)6-1-2-6/h3-4,6H,1-2,5H2,(H,17,18). The van der Waals surface area contributed by atoms with Gasteiger partial charge in [-0.3, -0.25) is 4.79 Å². The van der Waals surface area contributed by atoms with Crippen LogP contribution < -0.4 is 5.56 Å². The Balaban J connectivity index is 1.86. The Kier molecular flexibility index (Phi) is 2.62. The summed E-state index contributed by atoms with van der Waals surface area (Å²) in [4.78, 5) is 26.5. The predicted octanol–water partition coefficient (Wildman–Crippen LogP) is 0.250. The van der Waals surface area contributed by atoms with E-state index in [-0.39, 0.29) is 12.2 Å². The Hall–Kier alpha value is -2.51. The molecule has 0 bridgehead atoms. The van der Waals surface area contributed by atoms with E-state index in [1.54, 1.807) is 0 Å². The van der Waals surface area contributed by atoms with Crippen LogP contribution in [-0.4, -0.2) is 31.0 Å². The fourth-order valence-corrected chi connectivity index (χ4v) is 1.64. The van der Waals surface area contributed by atoms with E-state index in [4.69, 9.17) is 9.63 Å². The van der Waals surface area contributed by atoms with Crippen molar-refractivity contribution in [2.75, 3.05) is 0 Å². The largest absolute Gasteiger partial charge is 0.476 e. The summed E-state index contributed by atoms with van der Waals surface area (Å²) in [7, 11) is 0. The minimum absolute atomic E-state index is 0.00380. The first-order valence-corrected chi connectivity index (χ1v) is 5.77. The average molecular weight is 262 g/mol. The first kappa shape index (κ1) is 11.6. The van der Waals surface area contributed by atoms with Gasteiger partial charge in [0.25, 0.3) is 5.56 Å². The zero-order valence-electron chi connectivity index (χ0n) is 9.81. The summed E-state index contributed by atoms with van der Waals surface area (Å²) in [5.41, 5.74) is -0.617. The molecule has 0 spiro atoms. The van der Waals surface area contributed by atoms with Crippen molar-refractivity contribution in [3.63, 3.8) is 0 Å². The Morgan fingerprint density at radius 1 is 1.47 bits per heavy atom. The van der Waals surface area contributed by atoms with Gasteiger partial charge in [0.1, 0.15) is 6.54 Å². The fourth-order valence-electron chi connectivity index (χ4n) is 1.64. The van der Waals surface area contributed by atoms with Gasteiger partial charge < -0.3 is 9.63 Å². The van der Waals surface area contributed by atoms with Crippen LogP contribution in [0.1, 0.15) is 41.0 Å². The number of carboxylic acids is 1. The van der Waals surface area contributed by atoms with E-state index in [9.17, 15) is 9.59 Å². The molecule has 19 heavy (non-hydrogen) atoms. The van der Waals surface area contributed by atoms with E-state index in [1.165, 1.54) is 0 Å². The second kappa shape index (κ2) is 4.30. The van der Waals surface area contributed by atoms with Crippen LogP contribution in [-0.2, 0) is 6.54 Å². The maximum Gasteiger partial charge on any atom is 0.356 e. The highest BCUT2D eigenvalue weighted by Gasteiger charge is 2.29. The SMILES string of the molecule is O=C(O)c1ccc(=O)n(Cc2noc(C3CC3)n2)n1. The maximum absolute atomic E-state index is 11.6. The van der Waals surface area contributed by atoms with Crippen molar-refractivity contribution in [3.05, 3.63) is 39.9 Å². The lowest BCUT2D eigenvalue weighted by Gasteiger charge is -2.01. The van der Waals surface area contributed by atoms with E-state index in [0.29, 0.717) is 17.6 Å². The van der Waals surface area contributed by atoms with Crippen molar-refractivity contribution in [1.29, 1.82) is 0 Å². The van der Waals surface area contributed by atoms with Crippen LogP contribution >= 0.6 is 0 Å². The van der Waals surface area contributed by atoms with Gasteiger partial charge in [-0.15, -0.1) is 0 Å². The Morgan fingerprint density at radius 2 is 2.26 bits per heavy atom. The summed E-state index contributed by atoms with van der Waals surface area (Å²) >= 11 is 0. The number of rotatable bonds is 4. The first-order chi connectivity index (χ1) is 9.13. The number of hydrogen-bond acceptors (Lipinski definition) is 6. The van der Waals surface area contributed by atoms with Gasteiger partial charge in [-0.25, -0.2) is 9.48 Å². The molecular formula is C11H10N4O4. The number of carboxylic acid groups (broad SMARTS) is 1. The van der Waals surface area contributed by atoms with Crippen molar-refractivity contribution in [1.82, 2.24) is 19.9 Å². The normalized spacial score (nSPS) is 14.5. The molecule has 2 aromatic rings. The van der Waals surface area contributed by atoms with Gasteiger partial charge in [0.2, 0.25) is 5.89 Å². The smallest absolute Gasteiger partial charge is 0.356 e. The zero-order valence-corrected chi connectivity index (χ0v) is 9.81. The van der Waals surface area contributed by atoms with Crippen LogP contribution in [0.5, 0.6) is 0 Å². The van der Waals surface area contributed by atoms with Crippen LogP contribution in [0.25, 0.3) is 0 Å². The summed E-state index contributed by atoms with van der Waals surface area (Å²) in [5, 5.41) is 16.3. The molecule has 2 heterocycles. The maximum atomic E-state index is 11.6. The fraction of sp³-hybridized carbons (Fsp3) is 0.364. The predicted molar refractivity (Wildman–Crippen MR) is 60.8 cm³/mol. The number of hydrogen-bond donors (Lipinski definition) is 1. The molecule has 0 saturated heterocycles. The van der Waals surface area contributed by atoms with Crippen molar-refractivity contribution < 1.29 is 14.4 Å². The molecule has 0 atom stereocenters. The molecule has 1 N–H and O–H groups in total. The molecule has 1 saturated carbocycles. The molecule has 98 valence electrons. The van der Waals surface area contributed by atoms with E-state index in [0.717, 1.165) is 29.7 Å². The molecule has 1 aliphatic carbocycles. The summed E-state index contributed by atoms with van der Waals surface area (Å²) < 4.78 is 6.06. The van der Waals surface area contributed by atoms with Gasteiger partial charge in [-0.2, -0.15) is 10.1 Å². The molecule has 1 aliphatic rings. The van der Waals surface area contributed by atoms with Crippen molar-refractivity contribution in [2.24, 2.45) is 0 Å². The van der Waals surface area contributed by atoms with Gasteiger partial charge in [0.05, 0.1) is 0 Å². The lowest BCUT2D eigenvalue weighted by atomic mass is 10.4. The van der Waals surface area contributed by atoms with Crippen LogP contribution in [0.2, 0.25) is 0 Å². The summed E-state index contributed by atoms with van der Waals surface area (Å²) in [6.07, 6.45) is 2.07. The quantitative estimate of drug-likeness (QED) is 0.840. The third-order valence-corrected chi connectivity index (χ3v) is 2.79. The molecule has 0 aromatic carbocycles. The minimum atomic E-state index is -1.19. The molecule has 1 fully saturated rings. The molecule has 2 aromatic heterocycles. The molecule has 8 heteroatoms. The highest BCUT2D eigenvalue weighted by Crippen LogP contribution is 2.38. The number of carbonyl (C=O) groups is 1. The number of nitrogens with zero attached hydrogens (tertiary/aromatic N) is 4. The van der Waals surface area contributed by atoms with Crippen LogP contribution in [0.15, 0.2) is 21.5 Å². The lowest BCUT2D eigenvalue weighted by molar-refractivity contribution is 0.0687. The average Bonchev–Trinajstić information content (AvgIpc) is 3.13. The Morgan fingerprint density at radius 3 is 2.95 bits per heavy atom. The summed E-state index contributed by atoms with van der Waals surface area (Å²) in [5.74, 6) is 0.0216. The van der Waals surface area contributed by atoms with Gasteiger partial charge in [-0.05, 0) is 18.9 Å². The Bertz CT molecular complexity index is 686. The molecule has 0 amide bonds. The minimum Gasteiger partial charge on any atom is -0.476 e. The van der Waals surface area contributed by atoms with Crippen LogP contribution in [0, 0.1) is 0 Å². The summed E-state index contributed by atoms with van der Waals surface area (Å²) in [6, 6.07) is 2.31. The van der Waals surface area contributed by atoms with Gasteiger partial charge in [-0.1, -0.05) is 5.16 Å². The second-order valence-corrected chi connectivity index (χ2v) is 4.34. The molecule has 0 unspecified atom stereocenters. The molecule has 0 aliphatic heterocycles. The van der Waals surface area contributed by atoms with Crippen molar-refractivity contribution >= 4 is 5.97 Å². The highest BCUT2D eigenvalue weighted by molar-refractivity contribution is 5.84. The monoisotopic (exact) mass is 262 g/mol. The van der Waals surface area contributed by atoms with Gasteiger partial charge in [0.15, 0.2) is 11.5 Å². The van der Waals surface area contributed by atoms with Gasteiger partial charge in [0, 0.05) is 12.0 Å². The lowest BCUT2D eigenvalue weighted by Crippen LogP contribution is -2.25. The molecule has 3 rings (SSSR count). The van der Waals surface area contributed by atoms with Crippen molar-refractivity contribution in [2.45, 2.75) is 25.3 Å². The second-order valence-electron chi connectivity index (χ2n) is 4.34. The number of aromatic nitrogens is 4. The van der Waals surface area contributed by atoms with E-state index >= 15 is 0 Å². The third kappa shape index (κ3) is 2.37. The number of aromatic carboxylic acids is 1. The molecule has 8 nitrogen and oxygen atoms in total. The van der Waals surface area contributed by atoms with Gasteiger partial charge >= 0.3 is 5.97 Å². The zero-order chi connectivity index (χ0) is 13.4. The van der Waals surface area contributed by atoms with E-state index in [2.05, 4.69) is 15.2 Å². The molecule has 0 radical (unpaired) electrons. The van der Waals surface area contributed by atoms with E-state index in [1.807, 2.05) is 0 Å². The van der Waals surface area contributed by atoms with E-state index < -0.39 is 11.5 Å². The Labute approximate surface area is 106 Å². The highest BCUT2D eigenvalue weighted by atomic mass is 16.5. The topological polar surface area (TPSA) is 111 Å². The van der Waals surface area contributed by atoms with Crippen LogP contribution in [0.4, 0.5) is 0 Å². The molecular weight excluding hydrogens is 252 g/mol. The summed E-state index contributed by atoms with van der Waals surface area (Å²) in [6.45, 7) is -0.00380.